The number of carbonyl (C=O) groups is 2. The van der Waals surface area contributed by atoms with Crippen LogP contribution in [0.25, 0.3) is 0 Å². The third-order valence-corrected chi connectivity index (χ3v) is 5.15. The van der Waals surface area contributed by atoms with Crippen molar-refractivity contribution in [3.8, 4) is 5.75 Å². The van der Waals surface area contributed by atoms with Crippen molar-refractivity contribution < 1.29 is 14.3 Å². The maximum Gasteiger partial charge on any atom is 0.313 e. The quantitative estimate of drug-likeness (QED) is 0.233. The van der Waals surface area contributed by atoms with E-state index in [9.17, 15) is 9.59 Å². The average Bonchev–Trinajstić information content (AvgIpc) is 2.76. The van der Waals surface area contributed by atoms with Crippen molar-refractivity contribution in [1.82, 2.24) is 5.32 Å². The van der Waals surface area contributed by atoms with Gasteiger partial charge in [0.15, 0.2) is 0 Å². The zero-order valence-corrected chi connectivity index (χ0v) is 19.1. The van der Waals surface area contributed by atoms with Crippen LogP contribution in [0.1, 0.15) is 97.3 Å². The molecule has 0 aliphatic heterocycles. The summed E-state index contributed by atoms with van der Waals surface area (Å²) in [6, 6.07) is 7.12. The third kappa shape index (κ3) is 13.2. The van der Waals surface area contributed by atoms with Gasteiger partial charge < -0.3 is 15.4 Å². The molecular formula is C25H42N2O3. The minimum Gasteiger partial charge on any atom is -0.494 e. The summed E-state index contributed by atoms with van der Waals surface area (Å²) in [6.07, 6.45) is 15.8. The first-order valence-electron chi connectivity index (χ1n) is 12.0. The van der Waals surface area contributed by atoms with E-state index in [2.05, 4.69) is 24.5 Å². The van der Waals surface area contributed by atoms with Crippen LogP contribution >= 0.6 is 0 Å². The molecule has 1 rings (SSSR count). The first kappa shape index (κ1) is 26.0. The Labute approximate surface area is 183 Å². The molecular weight excluding hydrogens is 376 g/mol. The lowest BCUT2D eigenvalue weighted by molar-refractivity contribution is -0.136. The van der Waals surface area contributed by atoms with Gasteiger partial charge in [-0.05, 0) is 37.1 Å². The molecule has 0 bridgehead atoms. The van der Waals surface area contributed by atoms with E-state index in [4.69, 9.17) is 4.74 Å². The van der Waals surface area contributed by atoms with E-state index in [0.29, 0.717) is 18.8 Å². The first-order valence-corrected chi connectivity index (χ1v) is 12.0. The Morgan fingerprint density at radius 1 is 0.700 bits per heavy atom. The Balaban J connectivity index is 2.07. The number of ether oxygens (including phenoxy) is 1. The van der Waals surface area contributed by atoms with E-state index in [1.807, 2.05) is 12.1 Å². The molecule has 0 heterocycles. The highest BCUT2D eigenvalue weighted by atomic mass is 16.5. The minimum absolute atomic E-state index is 0.549. The van der Waals surface area contributed by atoms with Gasteiger partial charge in [-0.25, -0.2) is 0 Å². The van der Waals surface area contributed by atoms with Crippen molar-refractivity contribution in [2.75, 3.05) is 18.5 Å². The second kappa shape index (κ2) is 17.8. The van der Waals surface area contributed by atoms with Gasteiger partial charge in [0.05, 0.1) is 6.61 Å². The molecule has 2 N–H and O–H groups in total. The summed E-state index contributed by atoms with van der Waals surface area (Å²) in [5, 5.41) is 5.33. The lowest BCUT2D eigenvalue weighted by Crippen LogP contribution is -2.35. The molecule has 0 radical (unpaired) electrons. The number of hydrogen-bond acceptors (Lipinski definition) is 3. The largest absolute Gasteiger partial charge is 0.494 e. The van der Waals surface area contributed by atoms with Crippen LogP contribution < -0.4 is 15.4 Å². The summed E-state index contributed by atoms with van der Waals surface area (Å²) in [5.41, 5.74) is 0.593. The third-order valence-electron chi connectivity index (χ3n) is 5.15. The van der Waals surface area contributed by atoms with Crippen molar-refractivity contribution >= 4 is 17.5 Å². The molecule has 2 amide bonds. The lowest BCUT2D eigenvalue weighted by atomic mass is 10.1. The highest BCUT2D eigenvalue weighted by molar-refractivity contribution is 6.39. The van der Waals surface area contributed by atoms with Gasteiger partial charge in [0.2, 0.25) is 0 Å². The van der Waals surface area contributed by atoms with Gasteiger partial charge in [-0.2, -0.15) is 0 Å². The molecule has 0 saturated carbocycles. The van der Waals surface area contributed by atoms with Gasteiger partial charge in [-0.3, -0.25) is 9.59 Å². The average molecular weight is 419 g/mol. The van der Waals surface area contributed by atoms with Crippen molar-refractivity contribution in [2.45, 2.75) is 97.3 Å². The van der Waals surface area contributed by atoms with E-state index < -0.39 is 11.8 Å². The molecule has 0 aliphatic carbocycles. The van der Waals surface area contributed by atoms with Crippen molar-refractivity contribution in [2.24, 2.45) is 0 Å². The fourth-order valence-electron chi connectivity index (χ4n) is 3.26. The van der Waals surface area contributed by atoms with Crippen LogP contribution in [-0.4, -0.2) is 25.0 Å². The van der Waals surface area contributed by atoms with E-state index in [0.717, 1.165) is 37.9 Å². The predicted molar refractivity (Wildman–Crippen MR) is 125 cm³/mol. The molecule has 170 valence electrons. The topological polar surface area (TPSA) is 67.4 Å². The van der Waals surface area contributed by atoms with Gasteiger partial charge in [0.1, 0.15) is 5.75 Å². The van der Waals surface area contributed by atoms with Crippen LogP contribution in [0.5, 0.6) is 5.75 Å². The zero-order valence-electron chi connectivity index (χ0n) is 19.1. The van der Waals surface area contributed by atoms with Crippen molar-refractivity contribution in [3.63, 3.8) is 0 Å². The number of benzene rings is 1. The first-order chi connectivity index (χ1) is 14.7. The van der Waals surface area contributed by atoms with Crippen LogP contribution in [0, 0.1) is 0 Å². The van der Waals surface area contributed by atoms with Gasteiger partial charge in [0, 0.05) is 12.2 Å². The van der Waals surface area contributed by atoms with Gasteiger partial charge in [-0.1, -0.05) is 84.5 Å². The van der Waals surface area contributed by atoms with Crippen molar-refractivity contribution in [1.29, 1.82) is 0 Å². The molecule has 5 nitrogen and oxygen atoms in total. The molecule has 0 unspecified atom stereocenters. The molecule has 0 saturated heterocycles. The second-order valence-electron chi connectivity index (χ2n) is 7.97. The van der Waals surface area contributed by atoms with Crippen LogP contribution in [0.3, 0.4) is 0 Å². The summed E-state index contributed by atoms with van der Waals surface area (Å²) >= 11 is 0. The van der Waals surface area contributed by atoms with E-state index >= 15 is 0 Å². The fourth-order valence-corrected chi connectivity index (χ4v) is 3.26. The Morgan fingerprint density at radius 2 is 1.23 bits per heavy atom. The van der Waals surface area contributed by atoms with E-state index in [1.54, 1.807) is 12.1 Å². The monoisotopic (exact) mass is 418 g/mol. The summed E-state index contributed by atoms with van der Waals surface area (Å²) in [4.78, 5) is 23.9. The smallest absolute Gasteiger partial charge is 0.313 e. The highest BCUT2D eigenvalue weighted by Crippen LogP contribution is 2.16. The molecule has 1 aromatic rings. The Kier molecular flexibility index (Phi) is 15.4. The number of nitrogens with one attached hydrogen (secondary N) is 2. The standard InChI is InChI=1S/C25H42N2O3/c1-3-5-7-8-9-10-11-12-13-14-20-26-24(28)25(29)27-22-16-18-23(19-17-22)30-21-15-6-4-2/h16-19H,3-15,20-21H2,1-2H3,(H,26,28)(H,27,29). The zero-order chi connectivity index (χ0) is 21.9. The predicted octanol–water partition coefficient (Wildman–Crippen LogP) is 6.23. The number of amides is 2. The molecule has 0 atom stereocenters. The molecule has 0 spiro atoms. The Bertz CT molecular complexity index is 572. The highest BCUT2D eigenvalue weighted by Gasteiger charge is 2.12. The number of anilines is 1. The number of carbonyl (C=O) groups excluding carboxylic acids is 2. The van der Waals surface area contributed by atoms with Crippen LogP contribution in [0.15, 0.2) is 24.3 Å². The summed E-state index contributed by atoms with van der Waals surface area (Å²) in [6.45, 7) is 5.64. The summed E-state index contributed by atoms with van der Waals surface area (Å²) < 4.78 is 5.65. The Hall–Kier alpha value is -2.04. The minimum atomic E-state index is -0.626. The number of hydrogen-bond donors (Lipinski definition) is 2. The van der Waals surface area contributed by atoms with E-state index in [1.165, 1.54) is 51.4 Å². The molecule has 0 aliphatic rings. The van der Waals surface area contributed by atoms with E-state index in [-0.39, 0.29) is 0 Å². The van der Waals surface area contributed by atoms with Crippen LogP contribution in [0.2, 0.25) is 0 Å². The van der Waals surface area contributed by atoms with Crippen LogP contribution in [0.4, 0.5) is 5.69 Å². The van der Waals surface area contributed by atoms with Gasteiger partial charge in [-0.15, -0.1) is 0 Å². The molecule has 1 aromatic carbocycles. The molecule has 0 aromatic heterocycles. The summed E-state index contributed by atoms with van der Waals surface area (Å²) in [5.74, 6) is -0.431. The van der Waals surface area contributed by atoms with Gasteiger partial charge in [0.25, 0.3) is 0 Å². The van der Waals surface area contributed by atoms with Gasteiger partial charge >= 0.3 is 11.8 Å². The fraction of sp³-hybridized carbons (Fsp3) is 0.680. The maximum atomic E-state index is 12.0. The lowest BCUT2D eigenvalue weighted by Gasteiger charge is -2.09. The van der Waals surface area contributed by atoms with Crippen molar-refractivity contribution in [3.05, 3.63) is 24.3 Å². The van der Waals surface area contributed by atoms with Crippen LogP contribution in [-0.2, 0) is 9.59 Å². The summed E-state index contributed by atoms with van der Waals surface area (Å²) in [7, 11) is 0. The molecule has 0 fully saturated rings. The Morgan fingerprint density at radius 3 is 1.83 bits per heavy atom. The SMILES string of the molecule is CCCCCCCCCCCCNC(=O)C(=O)Nc1ccc(OCCCCC)cc1. The number of unbranched alkanes of at least 4 members (excludes halogenated alkanes) is 11. The number of rotatable bonds is 17. The second-order valence-corrected chi connectivity index (χ2v) is 7.97. The normalized spacial score (nSPS) is 10.6. The maximum absolute atomic E-state index is 12.0. The molecule has 5 heteroatoms. The molecule has 30 heavy (non-hydrogen) atoms.